The molecule has 2 saturated heterocycles. The zero-order valence-corrected chi connectivity index (χ0v) is 10.4. The maximum Gasteiger partial charge on any atom is 0.222 e. The first-order valence-electron chi connectivity index (χ1n) is 6.09. The molecule has 0 aromatic carbocycles. The lowest BCUT2D eigenvalue weighted by Gasteiger charge is -2.21. The monoisotopic (exact) mass is 226 g/mol. The summed E-state index contributed by atoms with van der Waals surface area (Å²) in [7, 11) is 3.73. The molecule has 2 amide bonds. The molecule has 0 aliphatic carbocycles. The number of amides is 2. The highest BCUT2D eigenvalue weighted by Gasteiger charge is 2.12. The Hall–Kier alpha value is -1.06. The largest absolute Gasteiger partial charge is 0.346 e. The van der Waals surface area contributed by atoms with E-state index in [4.69, 9.17) is 0 Å². The lowest BCUT2D eigenvalue weighted by molar-refractivity contribution is -0.132. The van der Waals surface area contributed by atoms with E-state index in [1.807, 2.05) is 14.1 Å². The van der Waals surface area contributed by atoms with E-state index in [-0.39, 0.29) is 0 Å². The van der Waals surface area contributed by atoms with Gasteiger partial charge in [0.25, 0.3) is 0 Å². The molecule has 4 nitrogen and oxygen atoms in total. The van der Waals surface area contributed by atoms with Crippen LogP contribution < -0.4 is 0 Å². The van der Waals surface area contributed by atoms with Gasteiger partial charge in [0.15, 0.2) is 0 Å². The Labute approximate surface area is 97.6 Å². The van der Waals surface area contributed by atoms with Crippen molar-refractivity contribution in [2.75, 3.05) is 27.2 Å². The van der Waals surface area contributed by atoms with E-state index in [9.17, 15) is 9.59 Å². The van der Waals surface area contributed by atoms with E-state index in [1.54, 1.807) is 9.80 Å². The highest BCUT2D eigenvalue weighted by molar-refractivity contribution is 5.76. The molecule has 0 N–H and O–H groups in total. The van der Waals surface area contributed by atoms with E-state index in [0.717, 1.165) is 38.8 Å². The Bertz CT molecular complexity index is 227. The van der Waals surface area contributed by atoms with E-state index >= 15 is 0 Å². The molecule has 0 aromatic heterocycles. The summed E-state index contributed by atoms with van der Waals surface area (Å²) in [5, 5.41) is 0. The third-order valence-electron chi connectivity index (χ3n) is 3.12. The van der Waals surface area contributed by atoms with Crippen LogP contribution in [0.5, 0.6) is 0 Å². The summed E-state index contributed by atoms with van der Waals surface area (Å²) >= 11 is 0. The number of carbonyl (C=O) groups is 2. The number of piperidine rings is 2. The normalized spacial score (nSPS) is 21.6. The number of likely N-dealkylation sites (tertiary alicyclic amines) is 2. The van der Waals surface area contributed by atoms with E-state index in [1.165, 1.54) is 12.8 Å². The Kier molecular flexibility index (Phi) is 5.29. The molecule has 0 spiro atoms. The molecule has 2 aliphatic rings. The summed E-state index contributed by atoms with van der Waals surface area (Å²) in [6, 6.07) is 0. The van der Waals surface area contributed by atoms with Gasteiger partial charge in [-0.15, -0.1) is 0 Å². The predicted molar refractivity (Wildman–Crippen MR) is 63.0 cm³/mol. The first-order chi connectivity index (χ1) is 7.61. The van der Waals surface area contributed by atoms with Gasteiger partial charge in [0.05, 0.1) is 0 Å². The zero-order valence-electron chi connectivity index (χ0n) is 10.4. The minimum absolute atomic E-state index is 0.302. The molecule has 0 bridgehead atoms. The molecule has 2 heterocycles. The van der Waals surface area contributed by atoms with E-state index in [0.29, 0.717) is 11.8 Å². The van der Waals surface area contributed by atoms with Gasteiger partial charge in [-0.2, -0.15) is 0 Å². The second-order valence-corrected chi connectivity index (χ2v) is 4.54. The smallest absolute Gasteiger partial charge is 0.222 e. The lowest BCUT2D eigenvalue weighted by Crippen LogP contribution is -2.31. The fraction of sp³-hybridized carbons (Fsp3) is 0.833. The standard InChI is InChI=1S/2C6H11NO/c2*1-7-5-3-2-4-6(7)8/h2*2-5H2,1H3. The molecule has 2 rings (SSSR count). The molecule has 0 aromatic rings. The van der Waals surface area contributed by atoms with Crippen molar-refractivity contribution in [2.24, 2.45) is 0 Å². The molecule has 0 radical (unpaired) electrons. The Morgan fingerprint density at radius 3 is 1.31 bits per heavy atom. The quantitative estimate of drug-likeness (QED) is 0.624. The second-order valence-electron chi connectivity index (χ2n) is 4.54. The molecule has 2 fully saturated rings. The van der Waals surface area contributed by atoms with Gasteiger partial charge < -0.3 is 9.80 Å². The SMILES string of the molecule is CN1CCCCC1=O.CN1CCCCC1=O. The van der Waals surface area contributed by atoms with Crippen LogP contribution in [0.2, 0.25) is 0 Å². The number of hydrogen-bond donors (Lipinski definition) is 0. The summed E-state index contributed by atoms with van der Waals surface area (Å²) in [6.07, 6.45) is 6.06. The van der Waals surface area contributed by atoms with Crippen LogP contribution in [0.25, 0.3) is 0 Å². The Balaban J connectivity index is 0.000000160. The van der Waals surface area contributed by atoms with Gasteiger partial charge in [0, 0.05) is 40.0 Å². The topological polar surface area (TPSA) is 40.6 Å². The number of nitrogens with zero attached hydrogens (tertiary/aromatic N) is 2. The predicted octanol–water partition coefficient (Wildman–Crippen LogP) is 1.26. The van der Waals surface area contributed by atoms with Gasteiger partial charge in [-0.1, -0.05) is 0 Å². The summed E-state index contributed by atoms with van der Waals surface area (Å²) < 4.78 is 0. The molecule has 92 valence electrons. The lowest BCUT2D eigenvalue weighted by atomic mass is 10.1. The van der Waals surface area contributed by atoms with Gasteiger partial charge in [0.2, 0.25) is 11.8 Å². The zero-order chi connectivity index (χ0) is 12.0. The van der Waals surface area contributed by atoms with Crippen LogP contribution in [0.3, 0.4) is 0 Å². The van der Waals surface area contributed by atoms with Crippen molar-refractivity contribution in [1.82, 2.24) is 9.80 Å². The molecule has 4 heteroatoms. The first kappa shape index (κ1) is 13.0. The summed E-state index contributed by atoms with van der Waals surface area (Å²) in [6.45, 7) is 1.91. The molecular formula is C12H22N2O2. The van der Waals surface area contributed by atoms with Crippen LogP contribution in [0.1, 0.15) is 38.5 Å². The van der Waals surface area contributed by atoms with Crippen LogP contribution in [0.4, 0.5) is 0 Å². The van der Waals surface area contributed by atoms with Crippen molar-refractivity contribution in [2.45, 2.75) is 38.5 Å². The average Bonchev–Trinajstić information content (AvgIpc) is 2.28. The van der Waals surface area contributed by atoms with Crippen molar-refractivity contribution in [3.8, 4) is 0 Å². The maximum atomic E-state index is 10.7. The van der Waals surface area contributed by atoms with Crippen LogP contribution >= 0.6 is 0 Å². The molecule has 16 heavy (non-hydrogen) atoms. The van der Waals surface area contributed by atoms with Crippen LogP contribution in [-0.2, 0) is 9.59 Å². The van der Waals surface area contributed by atoms with Crippen molar-refractivity contribution in [3.05, 3.63) is 0 Å². The molecule has 0 unspecified atom stereocenters. The Morgan fingerprint density at radius 2 is 1.12 bits per heavy atom. The van der Waals surface area contributed by atoms with E-state index < -0.39 is 0 Å². The van der Waals surface area contributed by atoms with Gasteiger partial charge >= 0.3 is 0 Å². The third-order valence-corrected chi connectivity index (χ3v) is 3.12. The van der Waals surface area contributed by atoms with Gasteiger partial charge in [-0.05, 0) is 25.7 Å². The van der Waals surface area contributed by atoms with Crippen molar-refractivity contribution < 1.29 is 9.59 Å². The number of rotatable bonds is 0. The minimum Gasteiger partial charge on any atom is -0.346 e. The minimum atomic E-state index is 0.302. The van der Waals surface area contributed by atoms with Crippen molar-refractivity contribution in [3.63, 3.8) is 0 Å². The summed E-state index contributed by atoms with van der Waals surface area (Å²) in [5.74, 6) is 0.604. The molecule has 2 aliphatic heterocycles. The van der Waals surface area contributed by atoms with Crippen molar-refractivity contribution >= 4 is 11.8 Å². The van der Waals surface area contributed by atoms with Gasteiger partial charge in [-0.3, -0.25) is 9.59 Å². The third kappa shape index (κ3) is 4.21. The fourth-order valence-corrected chi connectivity index (χ4v) is 1.88. The molecular weight excluding hydrogens is 204 g/mol. The van der Waals surface area contributed by atoms with Gasteiger partial charge in [-0.25, -0.2) is 0 Å². The maximum absolute atomic E-state index is 10.7. The molecule has 0 atom stereocenters. The molecule has 0 saturated carbocycles. The Morgan fingerprint density at radius 1 is 0.750 bits per heavy atom. The first-order valence-corrected chi connectivity index (χ1v) is 6.09. The number of hydrogen-bond acceptors (Lipinski definition) is 2. The van der Waals surface area contributed by atoms with E-state index in [2.05, 4.69) is 0 Å². The van der Waals surface area contributed by atoms with Gasteiger partial charge in [0.1, 0.15) is 0 Å². The van der Waals surface area contributed by atoms with Crippen LogP contribution in [0, 0.1) is 0 Å². The summed E-state index contributed by atoms with van der Waals surface area (Å²) in [5.41, 5.74) is 0. The van der Waals surface area contributed by atoms with Crippen LogP contribution in [-0.4, -0.2) is 48.8 Å². The summed E-state index contributed by atoms with van der Waals surface area (Å²) in [4.78, 5) is 25.0. The highest BCUT2D eigenvalue weighted by atomic mass is 16.2. The highest BCUT2D eigenvalue weighted by Crippen LogP contribution is 2.07. The van der Waals surface area contributed by atoms with Crippen molar-refractivity contribution in [1.29, 1.82) is 0 Å². The average molecular weight is 226 g/mol. The fourth-order valence-electron chi connectivity index (χ4n) is 1.88. The second kappa shape index (κ2) is 6.51. The van der Waals surface area contributed by atoms with Crippen LogP contribution in [0.15, 0.2) is 0 Å². The number of carbonyl (C=O) groups excluding carboxylic acids is 2.